The minimum atomic E-state index is -0.569. The second-order valence-electron chi connectivity index (χ2n) is 3.71. The van der Waals surface area contributed by atoms with Crippen LogP contribution in [0.2, 0.25) is 5.02 Å². The molecule has 2 rings (SSSR count). The maximum atomic E-state index is 13.4. The molecule has 0 aliphatic heterocycles. The number of ether oxygens (including phenoxy) is 1. The predicted molar refractivity (Wildman–Crippen MR) is 79.2 cm³/mol. The molecule has 0 saturated heterocycles. The zero-order valence-corrected chi connectivity index (χ0v) is 13.4. The second-order valence-corrected chi connectivity index (χ2v) is 5.89. The molecular formula is C13H8Br2ClFO2. The van der Waals surface area contributed by atoms with Crippen LogP contribution in [-0.2, 0) is 6.61 Å². The van der Waals surface area contributed by atoms with Crippen molar-refractivity contribution < 1.29 is 14.2 Å². The lowest BCUT2D eigenvalue weighted by molar-refractivity contribution is 0.276. The maximum Gasteiger partial charge on any atom is 0.145 e. The van der Waals surface area contributed by atoms with Crippen molar-refractivity contribution in [1.82, 2.24) is 0 Å². The average Bonchev–Trinajstić information content (AvgIpc) is 2.36. The molecule has 6 heteroatoms. The minimum absolute atomic E-state index is 0.0100. The van der Waals surface area contributed by atoms with E-state index in [2.05, 4.69) is 31.9 Å². The van der Waals surface area contributed by atoms with E-state index in [1.54, 1.807) is 18.2 Å². The molecule has 2 aromatic carbocycles. The largest absolute Gasteiger partial charge is 0.456 e. The Morgan fingerprint density at radius 3 is 2.58 bits per heavy atom. The van der Waals surface area contributed by atoms with Gasteiger partial charge in [-0.3, -0.25) is 0 Å². The first-order valence-electron chi connectivity index (χ1n) is 5.23. The third kappa shape index (κ3) is 3.48. The first kappa shape index (κ1) is 14.8. The first-order chi connectivity index (χ1) is 9.01. The van der Waals surface area contributed by atoms with Gasteiger partial charge in [0.25, 0.3) is 0 Å². The highest BCUT2D eigenvalue weighted by Gasteiger charge is 2.11. The van der Waals surface area contributed by atoms with Gasteiger partial charge in [-0.15, -0.1) is 0 Å². The third-order valence-electron chi connectivity index (χ3n) is 2.39. The maximum absolute atomic E-state index is 13.4. The molecule has 0 atom stereocenters. The smallest absolute Gasteiger partial charge is 0.145 e. The van der Waals surface area contributed by atoms with Crippen LogP contribution in [0.1, 0.15) is 5.56 Å². The molecule has 0 unspecified atom stereocenters. The van der Waals surface area contributed by atoms with Crippen LogP contribution in [0.15, 0.2) is 39.3 Å². The van der Waals surface area contributed by atoms with E-state index < -0.39 is 5.82 Å². The van der Waals surface area contributed by atoms with E-state index >= 15 is 0 Å². The Morgan fingerprint density at radius 2 is 1.89 bits per heavy atom. The molecular weight excluding hydrogens is 402 g/mol. The summed E-state index contributed by atoms with van der Waals surface area (Å²) in [5.74, 6) is 0.161. The standard InChI is InChI=1S/C13H8Br2ClFO2/c14-8-2-1-7(6-18)12(3-8)19-13-5-11(17)10(16)4-9(13)15/h1-5,18H,6H2. The molecule has 2 nitrogen and oxygen atoms in total. The zero-order chi connectivity index (χ0) is 14.0. The normalized spacial score (nSPS) is 10.6. The monoisotopic (exact) mass is 408 g/mol. The highest BCUT2D eigenvalue weighted by atomic mass is 79.9. The Labute approximate surface area is 131 Å². The summed E-state index contributed by atoms with van der Waals surface area (Å²) in [5, 5.41) is 9.26. The number of halogens is 4. The number of hydrogen-bond acceptors (Lipinski definition) is 2. The van der Waals surface area contributed by atoms with E-state index in [0.717, 1.165) is 4.47 Å². The number of rotatable bonds is 3. The Bertz CT molecular complexity index is 620. The van der Waals surface area contributed by atoms with Gasteiger partial charge in [0.2, 0.25) is 0 Å². The van der Waals surface area contributed by atoms with Gasteiger partial charge in [0.15, 0.2) is 0 Å². The van der Waals surface area contributed by atoms with Gasteiger partial charge in [-0.1, -0.05) is 33.6 Å². The average molecular weight is 410 g/mol. The van der Waals surface area contributed by atoms with E-state index in [1.807, 2.05) is 0 Å². The van der Waals surface area contributed by atoms with Gasteiger partial charge in [-0.05, 0) is 34.1 Å². The molecule has 0 radical (unpaired) electrons. The molecule has 0 bridgehead atoms. The lowest BCUT2D eigenvalue weighted by atomic mass is 10.2. The molecule has 0 saturated carbocycles. The fourth-order valence-electron chi connectivity index (χ4n) is 1.46. The quantitative estimate of drug-likeness (QED) is 0.697. The van der Waals surface area contributed by atoms with Crippen molar-refractivity contribution in [3.8, 4) is 11.5 Å². The zero-order valence-electron chi connectivity index (χ0n) is 9.46. The van der Waals surface area contributed by atoms with Gasteiger partial charge in [-0.25, -0.2) is 4.39 Å². The molecule has 2 aromatic rings. The molecule has 100 valence electrons. The topological polar surface area (TPSA) is 29.5 Å². The Hall–Kier alpha value is -0.620. The minimum Gasteiger partial charge on any atom is -0.456 e. The highest BCUT2D eigenvalue weighted by Crippen LogP contribution is 2.35. The van der Waals surface area contributed by atoms with Crippen LogP contribution in [0.5, 0.6) is 11.5 Å². The fraction of sp³-hybridized carbons (Fsp3) is 0.0769. The van der Waals surface area contributed by atoms with Gasteiger partial charge in [-0.2, -0.15) is 0 Å². The fourth-order valence-corrected chi connectivity index (χ4v) is 2.51. The van der Waals surface area contributed by atoms with Crippen LogP contribution in [0.3, 0.4) is 0 Å². The lowest BCUT2D eigenvalue weighted by Crippen LogP contribution is -1.93. The number of hydrogen-bond donors (Lipinski definition) is 1. The summed E-state index contributed by atoms with van der Waals surface area (Å²) in [5.41, 5.74) is 0.602. The van der Waals surface area contributed by atoms with E-state index in [-0.39, 0.29) is 17.4 Å². The molecule has 0 heterocycles. The summed E-state index contributed by atoms with van der Waals surface area (Å²) in [7, 11) is 0. The van der Waals surface area contributed by atoms with Crippen LogP contribution >= 0.6 is 43.5 Å². The van der Waals surface area contributed by atoms with Gasteiger partial charge < -0.3 is 9.84 Å². The van der Waals surface area contributed by atoms with E-state index in [4.69, 9.17) is 16.3 Å². The molecule has 0 aromatic heterocycles. The van der Waals surface area contributed by atoms with Crippen LogP contribution in [0.4, 0.5) is 4.39 Å². The van der Waals surface area contributed by atoms with Crippen LogP contribution in [0, 0.1) is 5.82 Å². The first-order valence-corrected chi connectivity index (χ1v) is 7.19. The molecule has 0 aliphatic carbocycles. The summed E-state index contributed by atoms with van der Waals surface area (Å²) in [6.45, 7) is -0.170. The Morgan fingerprint density at radius 1 is 1.16 bits per heavy atom. The summed E-state index contributed by atoms with van der Waals surface area (Å²) >= 11 is 12.2. The molecule has 19 heavy (non-hydrogen) atoms. The van der Waals surface area contributed by atoms with Gasteiger partial charge >= 0.3 is 0 Å². The van der Waals surface area contributed by atoms with E-state index in [1.165, 1.54) is 12.1 Å². The van der Waals surface area contributed by atoms with Crippen molar-refractivity contribution in [3.63, 3.8) is 0 Å². The third-order valence-corrected chi connectivity index (χ3v) is 3.80. The highest BCUT2D eigenvalue weighted by molar-refractivity contribution is 9.10. The van der Waals surface area contributed by atoms with Gasteiger partial charge in [0.05, 0.1) is 16.1 Å². The number of aliphatic hydroxyl groups excluding tert-OH is 1. The van der Waals surface area contributed by atoms with Crippen molar-refractivity contribution in [2.24, 2.45) is 0 Å². The predicted octanol–water partition coefficient (Wildman–Crippen LogP) is 5.29. The summed E-state index contributed by atoms with van der Waals surface area (Å²) in [4.78, 5) is 0. The van der Waals surface area contributed by atoms with Crippen molar-refractivity contribution in [2.75, 3.05) is 0 Å². The van der Waals surface area contributed by atoms with Crippen molar-refractivity contribution in [1.29, 1.82) is 0 Å². The van der Waals surface area contributed by atoms with Crippen LogP contribution in [-0.4, -0.2) is 5.11 Å². The second kappa shape index (κ2) is 6.22. The van der Waals surface area contributed by atoms with Gasteiger partial charge in [0, 0.05) is 16.1 Å². The van der Waals surface area contributed by atoms with Crippen LogP contribution in [0.25, 0.3) is 0 Å². The van der Waals surface area contributed by atoms with E-state index in [0.29, 0.717) is 15.8 Å². The molecule has 0 spiro atoms. The van der Waals surface area contributed by atoms with Crippen molar-refractivity contribution >= 4 is 43.5 Å². The summed E-state index contributed by atoms with van der Waals surface area (Å²) in [6, 6.07) is 7.82. The van der Waals surface area contributed by atoms with Crippen molar-refractivity contribution in [2.45, 2.75) is 6.61 Å². The van der Waals surface area contributed by atoms with Gasteiger partial charge in [0.1, 0.15) is 17.3 Å². The molecule has 0 amide bonds. The summed E-state index contributed by atoms with van der Waals surface area (Å²) in [6.07, 6.45) is 0. The Kier molecular flexibility index (Phi) is 4.84. The van der Waals surface area contributed by atoms with Crippen LogP contribution < -0.4 is 4.74 Å². The SMILES string of the molecule is OCc1ccc(Br)cc1Oc1cc(F)c(Cl)cc1Br. The number of aliphatic hydroxyl groups is 1. The Balaban J connectivity index is 2.41. The lowest BCUT2D eigenvalue weighted by Gasteiger charge is -2.12. The number of benzene rings is 2. The van der Waals surface area contributed by atoms with Crippen molar-refractivity contribution in [3.05, 3.63) is 55.7 Å². The molecule has 1 N–H and O–H groups in total. The molecule has 0 aliphatic rings. The molecule has 0 fully saturated rings. The van der Waals surface area contributed by atoms with E-state index in [9.17, 15) is 9.50 Å². The summed E-state index contributed by atoms with van der Waals surface area (Å²) < 4.78 is 20.4.